The summed E-state index contributed by atoms with van der Waals surface area (Å²) in [6.07, 6.45) is 0.932. The lowest BCUT2D eigenvalue weighted by molar-refractivity contribution is -0.122. The van der Waals surface area contributed by atoms with Crippen LogP contribution in [0, 0.1) is 12.3 Å². The first-order chi connectivity index (χ1) is 12.1. The van der Waals surface area contributed by atoms with E-state index in [1.165, 1.54) is 4.31 Å². The van der Waals surface area contributed by atoms with Crippen LogP contribution >= 0.6 is 0 Å². The van der Waals surface area contributed by atoms with Crippen molar-refractivity contribution in [2.45, 2.75) is 39.0 Å². The number of sulfonamides is 1. The number of nitrogens with zero attached hydrogens (tertiary/aromatic N) is 2. The van der Waals surface area contributed by atoms with Gasteiger partial charge in [0.05, 0.1) is 11.4 Å². The van der Waals surface area contributed by atoms with Gasteiger partial charge in [-0.2, -0.15) is 4.31 Å². The molecule has 1 aromatic carbocycles. The van der Waals surface area contributed by atoms with E-state index in [1.807, 2.05) is 24.0 Å². The molecular formula is C19H31N3O3S. The number of rotatable bonds is 6. The molecule has 0 unspecified atom stereocenters. The summed E-state index contributed by atoms with van der Waals surface area (Å²) in [5.74, 6) is 0.00379. The summed E-state index contributed by atoms with van der Waals surface area (Å²) < 4.78 is 26.9. The van der Waals surface area contributed by atoms with Crippen molar-refractivity contribution in [2.24, 2.45) is 5.41 Å². The Kier molecular flexibility index (Phi) is 6.82. The van der Waals surface area contributed by atoms with E-state index < -0.39 is 10.0 Å². The zero-order valence-corrected chi connectivity index (χ0v) is 17.1. The van der Waals surface area contributed by atoms with Crippen molar-refractivity contribution in [3.8, 4) is 0 Å². The van der Waals surface area contributed by atoms with Gasteiger partial charge in [0.25, 0.3) is 0 Å². The maximum atomic E-state index is 12.7. The molecule has 146 valence electrons. The summed E-state index contributed by atoms with van der Waals surface area (Å²) >= 11 is 0. The molecule has 1 aromatic rings. The molecule has 1 aliphatic rings. The van der Waals surface area contributed by atoms with Gasteiger partial charge in [-0.3, -0.25) is 9.69 Å². The van der Waals surface area contributed by atoms with Gasteiger partial charge in [-0.05, 0) is 30.9 Å². The smallest absolute Gasteiger partial charge is 0.243 e. The quantitative estimate of drug-likeness (QED) is 0.816. The SMILES string of the molecule is Cc1ccc(S(=O)(=O)N2CCN(CC(=O)NCCC(C)(C)C)CC2)cc1. The van der Waals surface area contributed by atoms with Gasteiger partial charge in [0.15, 0.2) is 0 Å². The highest BCUT2D eigenvalue weighted by Crippen LogP contribution is 2.18. The summed E-state index contributed by atoms with van der Waals surface area (Å²) in [4.78, 5) is 14.4. The summed E-state index contributed by atoms with van der Waals surface area (Å²) in [6.45, 7) is 11.3. The van der Waals surface area contributed by atoms with Crippen LogP contribution in [-0.2, 0) is 14.8 Å². The fourth-order valence-electron chi connectivity index (χ4n) is 2.82. The van der Waals surface area contributed by atoms with Crippen molar-refractivity contribution in [1.82, 2.24) is 14.5 Å². The molecule has 7 heteroatoms. The zero-order valence-electron chi connectivity index (χ0n) is 16.3. The van der Waals surface area contributed by atoms with E-state index in [0.29, 0.717) is 44.2 Å². The fraction of sp³-hybridized carbons (Fsp3) is 0.632. The third kappa shape index (κ3) is 6.07. The molecule has 0 radical (unpaired) electrons. The Balaban J connectivity index is 1.81. The summed E-state index contributed by atoms with van der Waals surface area (Å²) in [6, 6.07) is 6.93. The second-order valence-corrected chi connectivity index (χ2v) is 10.1. The van der Waals surface area contributed by atoms with Crippen LogP contribution in [0.3, 0.4) is 0 Å². The third-order valence-corrected chi connectivity index (χ3v) is 6.47. The van der Waals surface area contributed by atoms with Gasteiger partial charge in [-0.15, -0.1) is 0 Å². The van der Waals surface area contributed by atoms with Gasteiger partial charge in [0.2, 0.25) is 15.9 Å². The number of hydrogen-bond donors (Lipinski definition) is 1. The van der Waals surface area contributed by atoms with Crippen LogP contribution in [0.4, 0.5) is 0 Å². The van der Waals surface area contributed by atoms with Crippen molar-refractivity contribution in [3.05, 3.63) is 29.8 Å². The van der Waals surface area contributed by atoms with Crippen LogP contribution in [0.2, 0.25) is 0 Å². The van der Waals surface area contributed by atoms with Gasteiger partial charge in [0.1, 0.15) is 0 Å². The standard InChI is InChI=1S/C19H31N3O3S/c1-16-5-7-17(8-6-16)26(24,25)22-13-11-21(12-14-22)15-18(23)20-10-9-19(2,3)4/h5-8H,9-15H2,1-4H3,(H,20,23). The van der Waals surface area contributed by atoms with E-state index in [9.17, 15) is 13.2 Å². The number of aryl methyl sites for hydroxylation is 1. The van der Waals surface area contributed by atoms with Gasteiger partial charge in [-0.1, -0.05) is 38.5 Å². The highest BCUT2D eigenvalue weighted by Gasteiger charge is 2.28. The van der Waals surface area contributed by atoms with Gasteiger partial charge < -0.3 is 5.32 Å². The first-order valence-electron chi connectivity index (χ1n) is 9.14. The number of carbonyl (C=O) groups is 1. The van der Waals surface area contributed by atoms with E-state index in [-0.39, 0.29) is 11.3 Å². The molecule has 26 heavy (non-hydrogen) atoms. The molecule has 0 atom stereocenters. The number of amides is 1. The second kappa shape index (κ2) is 8.50. The van der Waals surface area contributed by atoms with Gasteiger partial charge >= 0.3 is 0 Å². The Morgan fingerprint density at radius 2 is 1.65 bits per heavy atom. The highest BCUT2D eigenvalue weighted by molar-refractivity contribution is 7.89. The second-order valence-electron chi connectivity index (χ2n) is 8.15. The number of hydrogen-bond acceptors (Lipinski definition) is 4. The lowest BCUT2D eigenvalue weighted by atomic mass is 9.92. The predicted molar refractivity (Wildman–Crippen MR) is 103 cm³/mol. The van der Waals surface area contributed by atoms with Crippen LogP contribution < -0.4 is 5.32 Å². The van der Waals surface area contributed by atoms with Gasteiger partial charge in [0, 0.05) is 32.7 Å². The minimum Gasteiger partial charge on any atom is -0.355 e. The highest BCUT2D eigenvalue weighted by atomic mass is 32.2. The molecule has 1 aliphatic heterocycles. The lowest BCUT2D eigenvalue weighted by Crippen LogP contribution is -2.51. The average Bonchev–Trinajstić information content (AvgIpc) is 2.54. The number of nitrogens with one attached hydrogen (secondary N) is 1. The first kappa shape index (κ1) is 20.9. The average molecular weight is 382 g/mol. The number of piperazine rings is 1. The van der Waals surface area contributed by atoms with Crippen LogP contribution in [0.1, 0.15) is 32.8 Å². The third-order valence-electron chi connectivity index (χ3n) is 4.55. The molecule has 0 spiro atoms. The largest absolute Gasteiger partial charge is 0.355 e. The Morgan fingerprint density at radius 3 is 2.19 bits per heavy atom. The van der Waals surface area contributed by atoms with Crippen LogP contribution in [0.25, 0.3) is 0 Å². The molecule has 1 amide bonds. The summed E-state index contributed by atoms with van der Waals surface area (Å²) in [5.41, 5.74) is 1.23. The number of benzene rings is 1. The van der Waals surface area contributed by atoms with Crippen molar-refractivity contribution < 1.29 is 13.2 Å². The lowest BCUT2D eigenvalue weighted by Gasteiger charge is -2.33. The number of carbonyl (C=O) groups excluding carboxylic acids is 1. The molecule has 1 N–H and O–H groups in total. The van der Waals surface area contributed by atoms with E-state index in [4.69, 9.17) is 0 Å². The molecule has 1 heterocycles. The first-order valence-corrected chi connectivity index (χ1v) is 10.6. The Labute approximate surface area is 157 Å². The summed E-state index contributed by atoms with van der Waals surface area (Å²) in [7, 11) is -3.46. The van der Waals surface area contributed by atoms with E-state index >= 15 is 0 Å². The van der Waals surface area contributed by atoms with Crippen molar-refractivity contribution in [3.63, 3.8) is 0 Å². The predicted octanol–water partition coefficient (Wildman–Crippen LogP) is 1.85. The van der Waals surface area contributed by atoms with Crippen LogP contribution in [-0.4, -0.2) is 62.8 Å². The van der Waals surface area contributed by atoms with E-state index in [1.54, 1.807) is 12.1 Å². The minimum atomic E-state index is -3.46. The minimum absolute atomic E-state index is 0.00379. The van der Waals surface area contributed by atoms with Crippen LogP contribution in [0.5, 0.6) is 0 Å². The molecule has 0 bridgehead atoms. The normalized spacial score (nSPS) is 17.2. The molecular weight excluding hydrogens is 350 g/mol. The maximum Gasteiger partial charge on any atom is 0.243 e. The Bertz CT molecular complexity index is 701. The van der Waals surface area contributed by atoms with E-state index in [2.05, 4.69) is 26.1 Å². The summed E-state index contributed by atoms with van der Waals surface area (Å²) in [5, 5.41) is 2.95. The van der Waals surface area contributed by atoms with E-state index in [0.717, 1.165) is 12.0 Å². The van der Waals surface area contributed by atoms with Crippen molar-refractivity contribution in [1.29, 1.82) is 0 Å². The van der Waals surface area contributed by atoms with Crippen LogP contribution in [0.15, 0.2) is 29.2 Å². The van der Waals surface area contributed by atoms with Gasteiger partial charge in [-0.25, -0.2) is 8.42 Å². The Hall–Kier alpha value is -1.44. The molecule has 6 nitrogen and oxygen atoms in total. The fourth-order valence-corrected chi connectivity index (χ4v) is 4.25. The Morgan fingerprint density at radius 1 is 1.08 bits per heavy atom. The zero-order chi connectivity index (χ0) is 19.4. The molecule has 0 aliphatic carbocycles. The van der Waals surface area contributed by atoms with Crippen molar-refractivity contribution in [2.75, 3.05) is 39.3 Å². The maximum absolute atomic E-state index is 12.7. The monoisotopic (exact) mass is 381 g/mol. The molecule has 1 fully saturated rings. The van der Waals surface area contributed by atoms with Crippen molar-refractivity contribution >= 4 is 15.9 Å². The molecule has 2 rings (SSSR count). The topological polar surface area (TPSA) is 69.7 Å². The molecule has 0 aromatic heterocycles. The molecule has 1 saturated heterocycles. The molecule has 0 saturated carbocycles.